The summed E-state index contributed by atoms with van der Waals surface area (Å²) < 4.78 is 0. The Labute approximate surface area is 328 Å². The fraction of sp³-hybridized carbons (Fsp3) is 0.576. The largest absolute Gasteiger partial charge is 3.00 e. The molecular weight excluding hydrogens is 812 g/mol. The maximum absolute atomic E-state index is 13.3. The van der Waals surface area contributed by atoms with Crippen LogP contribution < -0.4 is 4.90 Å². The van der Waals surface area contributed by atoms with Crippen LogP contribution in [0.3, 0.4) is 0 Å². The van der Waals surface area contributed by atoms with Crippen LogP contribution in [0, 0.1) is 39.9 Å². The second-order valence-electron chi connectivity index (χ2n) is 12.6. The first-order chi connectivity index (χ1) is 23.9. The third-order valence-electron chi connectivity index (χ3n) is 9.20. The summed E-state index contributed by atoms with van der Waals surface area (Å²) >= 11 is 0. The molecule has 0 bridgehead atoms. The van der Waals surface area contributed by atoms with E-state index in [1.165, 1.54) is 0 Å². The Balaban J connectivity index is 0.00000702. The van der Waals surface area contributed by atoms with E-state index in [2.05, 4.69) is 9.88 Å². The average Bonchev–Trinajstić information content (AvgIpc) is 3.07. The van der Waals surface area contributed by atoms with Crippen LogP contribution in [0.15, 0.2) is 30.3 Å². The number of carbonyl (C=O) groups excluding carboxylic acids is 1. The molecule has 0 spiro atoms. The van der Waals surface area contributed by atoms with Crippen molar-refractivity contribution in [3.8, 4) is 0 Å². The SMILES string of the molecule is O=C(O)CN1CCN(CC(=O)O)CCN(C(CCC(=O)N2CCN(c3ccc4ccc(CO)nc4c3)CC2)C(=O)O)CCN(CC(=O)O)CC1.[Gd+3]. The molecule has 2 aromatic rings. The summed E-state index contributed by atoms with van der Waals surface area (Å²) in [7, 11) is 0. The van der Waals surface area contributed by atoms with Crippen molar-refractivity contribution < 1.29 is 89.4 Å². The first-order valence-corrected chi connectivity index (χ1v) is 16.7. The van der Waals surface area contributed by atoms with Crippen LogP contribution in [-0.2, 0) is 30.6 Å². The number of benzene rings is 1. The van der Waals surface area contributed by atoms with Gasteiger partial charge in [-0.05, 0) is 24.6 Å². The first kappa shape index (κ1) is 42.3. The van der Waals surface area contributed by atoms with Crippen LogP contribution in [0.4, 0.5) is 5.69 Å². The predicted octanol–water partition coefficient (Wildman–Crippen LogP) is -0.915. The number of pyridine rings is 1. The molecule has 1 radical (unpaired) electrons. The fourth-order valence-corrected chi connectivity index (χ4v) is 6.44. The minimum atomic E-state index is -1.13. The molecule has 4 rings (SSSR count). The number of aliphatic hydroxyl groups is 1. The zero-order chi connectivity index (χ0) is 36.2. The van der Waals surface area contributed by atoms with Crippen LogP contribution in [0.1, 0.15) is 18.5 Å². The smallest absolute Gasteiger partial charge is 0.480 e. The second-order valence-corrected chi connectivity index (χ2v) is 12.6. The van der Waals surface area contributed by atoms with E-state index < -0.39 is 29.9 Å². The summed E-state index contributed by atoms with van der Waals surface area (Å²) in [6, 6.07) is 8.54. The summed E-state index contributed by atoms with van der Waals surface area (Å²) in [5.74, 6) is -4.51. The third-order valence-corrected chi connectivity index (χ3v) is 9.20. The van der Waals surface area contributed by atoms with Crippen molar-refractivity contribution in [2.75, 3.05) is 103 Å². The van der Waals surface area contributed by atoms with Crippen LogP contribution in [0.25, 0.3) is 10.9 Å². The van der Waals surface area contributed by atoms with Gasteiger partial charge in [0.1, 0.15) is 6.04 Å². The summed E-state index contributed by atoms with van der Waals surface area (Å²) in [5, 5.41) is 49.0. The number of amides is 1. The van der Waals surface area contributed by atoms with Gasteiger partial charge in [-0.2, -0.15) is 0 Å². The molecule has 17 nitrogen and oxygen atoms in total. The van der Waals surface area contributed by atoms with Crippen molar-refractivity contribution in [3.05, 3.63) is 36.0 Å². The Morgan fingerprint density at radius 3 is 1.63 bits per heavy atom. The molecule has 51 heavy (non-hydrogen) atoms. The number of fused-ring (bicyclic) bond motifs is 1. The zero-order valence-corrected chi connectivity index (χ0v) is 30.7. The van der Waals surface area contributed by atoms with Gasteiger partial charge >= 0.3 is 63.8 Å². The van der Waals surface area contributed by atoms with Crippen molar-refractivity contribution in [2.24, 2.45) is 0 Å². The standard InChI is InChI=1S/C33H47N7O10.Gd/c41-23-25-3-1-24-2-4-26(19-27(24)34-25)38-15-17-40(18-16-38)29(42)6-5-28(33(49)50)39-13-11-36(21-31(45)46)9-7-35(20-30(43)44)8-10-37(12-14-39)22-32(47)48;/h1-4,19,28,41H,5-18,20-23H2,(H,43,44)(H,45,46)(H,47,48)(H,49,50);/q;+3. The molecule has 1 amide bonds. The Morgan fingerprint density at radius 2 is 1.16 bits per heavy atom. The Hall–Kier alpha value is -3.10. The molecule has 279 valence electrons. The molecule has 2 aliphatic heterocycles. The number of aliphatic carboxylic acids is 4. The number of nitrogens with zero attached hydrogens (tertiary/aromatic N) is 7. The first-order valence-electron chi connectivity index (χ1n) is 16.7. The molecule has 3 heterocycles. The van der Waals surface area contributed by atoms with Gasteiger partial charge in [-0.15, -0.1) is 0 Å². The quantitative estimate of drug-likeness (QED) is 0.165. The van der Waals surface area contributed by atoms with E-state index >= 15 is 0 Å². The molecule has 0 saturated carbocycles. The van der Waals surface area contributed by atoms with E-state index in [1.54, 1.807) is 30.6 Å². The minimum absolute atomic E-state index is 0. The molecule has 18 heteroatoms. The summed E-state index contributed by atoms with van der Waals surface area (Å²) in [6.07, 6.45) is 0.00128. The topological polar surface area (TPSA) is 219 Å². The van der Waals surface area contributed by atoms with E-state index in [9.17, 15) is 49.5 Å². The Morgan fingerprint density at radius 1 is 0.667 bits per heavy atom. The van der Waals surface area contributed by atoms with Crippen molar-refractivity contribution >= 4 is 46.4 Å². The van der Waals surface area contributed by atoms with Crippen LogP contribution in [-0.4, -0.2) is 189 Å². The number of anilines is 1. The Kier molecular flexibility index (Phi) is 17.3. The molecule has 2 aliphatic rings. The Bertz CT molecular complexity index is 1480. The second kappa shape index (κ2) is 20.8. The van der Waals surface area contributed by atoms with Gasteiger partial charge in [0.2, 0.25) is 5.91 Å². The van der Waals surface area contributed by atoms with Crippen LogP contribution in [0.2, 0.25) is 0 Å². The average molecular weight is 859 g/mol. The minimum Gasteiger partial charge on any atom is -0.480 e. The monoisotopic (exact) mass is 859 g/mol. The summed E-state index contributed by atoms with van der Waals surface area (Å²) in [4.78, 5) is 75.5. The van der Waals surface area contributed by atoms with Gasteiger partial charge in [0.15, 0.2) is 0 Å². The van der Waals surface area contributed by atoms with E-state index in [0.717, 1.165) is 16.6 Å². The molecule has 1 aromatic carbocycles. The number of carboxylic acid groups (broad SMARTS) is 4. The molecule has 5 N–H and O–H groups in total. The van der Waals surface area contributed by atoms with E-state index in [0.29, 0.717) is 31.9 Å². The number of carboxylic acids is 4. The van der Waals surface area contributed by atoms with Gasteiger partial charge in [-0.25, -0.2) is 0 Å². The molecule has 1 unspecified atom stereocenters. The number of aromatic nitrogens is 1. The van der Waals surface area contributed by atoms with Crippen molar-refractivity contribution in [1.82, 2.24) is 29.5 Å². The number of hydrogen-bond donors (Lipinski definition) is 5. The van der Waals surface area contributed by atoms with Crippen LogP contribution in [0.5, 0.6) is 0 Å². The molecule has 1 aromatic heterocycles. The van der Waals surface area contributed by atoms with Crippen molar-refractivity contribution in [3.63, 3.8) is 0 Å². The fourth-order valence-electron chi connectivity index (χ4n) is 6.44. The normalized spacial score (nSPS) is 18.3. The summed E-state index contributed by atoms with van der Waals surface area (Å²) in [6.45, 7) is 2.54. The number of rotatable bonds is 13. The maximum Gasteiger partial charge on any atom is 3.00 e. The van der Waals surface area contributed by atoms with Gasteiger partial charge < -0.3 is 35.3 Å². The van der Waals surface area contributed by atoms with Gasteiger partial charge in [-0.1, -0.05) is 12.1 Å². The van der Waals surface area contributed by atoms with Gasteiger partial charge in [0.05, 0.1) is 37.5 Å². The molecule has 2 saturated heterocycles. The maximum atomic E-state index is 13.3. The van der Waals surface area contributed by atoms with E-state index in [1.807, 2.05) is 24.3 Å². The van der Waals surface area contributed by atoms with Crippen molar-refractivity contribution in [2.45, 2.75) is 25.5 Å². The molecule has 1 atom stereocenters. The van der Waals surface area contributed by atoms with Crippen molar-refractivity contribution in [1.29, 1.82) is 0 Å². The third kappa shape index (κ3) is 13.4. The van der Waals surface area contributed by atoms with E-state index in [4.69, 9.17) is 0 Å². The summed E-state index contributed by atoms with van der Waals surface area (Å²) in [5.41, 5.74) is 2.31. The number of hydrogen-bond acceptors (Lipinski definition) is 12. The van der Waals surface area contributed by atoms with Crippen LogP contribution >= 0.6 is 0 Å². The van der Waals surface area contributed by atoms with E-state index in [-0.39, 0.29) is 137 Å². The number of aliphatic hydroxyl groups excluding tert-OH is 1. The predicted molar refractivity (Wildman–Crippen MR) is 181 cm³/mol. The molecular formula is C33H47GdN7O10+3. The van der Waals surface area contributed by atoms with Gasteiger partial charge in [-0.3, -0.25) is 48.6 Å². The number of carbonyl (C=O) groups is 5. The van der Waals surface area contributed by atoms with Gasteiger partial charge in [0, 0.05) is 96.0 Å². The zero-order valence-electron chi connectivity index (χ0n) is 28.5. The molecule has 0 aliphatic carbocycles. The molecule has 2 fully saturated rings. The van der Waals surface area contributed by atoms with Gasteiger partial charge in [0.25, 0.3) is 0 Å². The number of piperazine rings is 1.